The van der Waals surface area contributed by atoms with E-state index in [2.05, 4.69) is 15.5 Å². The van der Waals surface area contributed by atoms with Crippen LogP contribution < -0.4 is 11.2 Å². The number of hydrogen-bond donors (Lipinski definition) is 2. The number of benzene rings is 1. The average molecular weight is 349 g/mol. The zero-order valence-corrected chi connectivity index (χ0v) is 14.3. The molecule has 2 aromatic rings. The number of anilines is 1. The molecule has 24 heavy (non-hydrogen) atoms. The van der Waals surface area contributed by atoms with E-state index in [0.29, 0.717) is 35.3 Å². The van der Waals surface area contributed by atoms with Crippen molar-refractivity contribution < 1.29 is 14.3 Å². The van der Waals surface area contributed by atoms with Crippen molar-refractivity contribution in [2.45, 2.75) is 25.4 Å². The highest BCUT2D eigenvalue weighted by Gasteiger charge is 2.12. The predicted molar refractivity (Wildman–Crippen MR) is 91.3 cm³/mol. The molecule has 0 radical (unpaired) electrons. The summed E-state index contributed by atoms with van der Waals surface area (Å²) in [5.74, 6) is 6.04. The minimum absolute atomic E-state index is 0.151. The Labute approximate surface area is 143 Å². The Morgan fingerprint density at radius 3 is 2.54 bits per heavy atom. The van der Waals surface area contributed by atoms with Crippen molar-refractivity contribution in [2.24, 2.45) is 0 Å². The largest absolute Gasteiger partial charge is 0.462 e. The minimum atomic E-state index is -0.389. The van der Waals surface area contributed by atoms with Gasteiger partial charge < -0.3 is 15.9 Å². The highest BCUT2D eigenvalue weighted by atomic mass is 32.2. The standard InChI is InChI=1S/C15H19N5O3S/c1-3-12-18-19-15(20(12)16)24-9-13(21)17-11-7-5-10(6-8-11)14(22)23-4-2/h5-8H,3-4,9,16H2,1-2H3,(H,17,21). The lowest BCUT2D eigenvalue weighted by Gasteiger charge is -2.06. The maximum absolute atomic E-state index is 12.0. The van der Waals surface area contributed by atoms with Crippen LogP contribution in [0, 0.1) is 0 Å². The molecule has 0 bridgehead atoms. The van der Waals surface area contributed by atoms with E-state index in [0.717, 1.165) is 0 Å². The Morgan fingerprint density at radius 1 is 1.25 bits per heavy atom. The number of esters is 1. The maximum atomic E-state index is 12.0. The molecule has 0 aliphatic rings. The summed E-state index contributed by atoms with van der Waals surface area (Å²) in [5.41, 5.74) is 1.03. The van der Waals surface area contributed by atoms with Crippen molar-refractivity contribution in [1.82, 2.24) is 14.9 Å². The predicted octanol–water partition coefficient (Wildman–Crippen LogP) is 1.46. The van der Waals surface area contributed by atoms with Crippen molar-refractivity contribution in [1.29, 1.82) is 0 Å². The molecular weight excluding hydrogens is 330 g/mol. The number of aromatic nitrogens is 3. The van der Waals surface area contributed by atoms with E-state index >= 15 is 0 Å². The van der Waals surface area contributed by atoms with Crippen LogP contribution in [0.3, 0.4) is 0 Å². The van der Waals surface area contributed by atoms with Crippen LogP contribution in [0.25, 0.3) is 0 Å². The van der Waals surface area contributed by atoms with Crippen LogP contribution in [0.1, 0.15) is 30.0 Å². The molecule has 8 nitrogen and oxygen atoms in total. The third-order valence-corrected chi connectivity index (χ3v) is 4.01. The number of carbonyl (C=O) groups excluding carboxylic acids is 2. The zero-order chi connectivity index (χ0) is 17.5. The molecule has 1 amide bonds. The molecule has 0 unspecified atom stereocenters. The van der Waals surface area contributed by atoms with Crippen LogP contribution in [0.4, 0.5) is 5.69 Å². The number of hydrogen-bond acceptors (Lipinski definition) is 7. The Kier molecular flexibility index (Phi) is 6.19. The SMILES string of the molecule is CCOC(=O)c1ccc(NC(=O)CSc2nnc(CC)n2N)cc1. The molecule has 0 saturated carbocycles. The number of carbonyl (C=O) groups is 2. The van der Waals surface area contributed by atoms with E-state index in [9.17, 15) is 9.59 Å². The topological polar surface area (TPSA) is 112 Å². The van der Waals surface area contributed by atoms with Gasteiger partial charge >= 0.3 is 5.97 Å². The fraction of sp³-hybridized carbons (Fsp3) is 0.333. The average Bonchev–Trinajstić information content (AvgIpc) is 2.94. The third-order valence-electron chi connectivity index (χ3n) is 3.06. The van der Waals surface area contributed by atoms with Crippen LogP contribution in [-0.4, -0.2) is 39.1 Å². The number of nitrogen functional groups attached to an aromatic ring is 1. The molecule has 0 saturated heterocycles. The summed E-state index contributed by atoms with van der Waals surface area (Å²) in [6.07, 6.45) is 0.670. The van der Waals surface area contributed by atoms with Gasteiger partial charge in [-0.1, -0.05) is 18.7 Å². The van der Waals surface area contributed by atoms with Crippen molar-refractivity contribution in [3.63, 3.8) is 0 Å². The van der Waals surface area contributed by atoms with Gasteiger partial charge in [-0.25, -0.2) is 9.47 Å². The Hall–Kier alpha value is -2.55. The first kappa shape index (κ1) is 17.8. The molecular formula is C15H19N5O3S. The number of aryl methyl sites for hydroxylation is 1. The monoisotopic (exact) mass is 349 g/mol. The lowest BCUT2D eigenvalue weighted by atomic mass is 10.2. The Morgan fingerprint density at radius 2 is 1.96 bits per heavy atom. The van der Waals surface area contributed by atoms with Gasteiger partial charge in [0, 0.05) is 12.1 Å². The molecule has 1 aromatic heterocycles. The number of nitrogens with one attached hydrogen (secondary N) is 1. The summed E-state index contributed by atoms with van der Waals surface area (Å²) in [4.78, 5) is 23.5. The fourth-order valence-electron chi connectivity index (χ4n) is 1.88. The normalized spacial score (nSPS) is 10.4. The fourth-order valence-corrected chi connectivity index (χ4v) is 2.55. The second kappa shape index (κ2) is 8.34. The number of rotatable bonds is 7. The molecule has 1 heterocycles. The van der Waals surface area contributed by atoms with Crippen molar-refractivity contribution in [3.05, 3.63) is 35.7 Å². The van der Waals surface area contributed by atoms with E-state index in [4.69, 9.17) is 10.6 Å². The summed E-state index contributed by atoms with van der Waals surface area (Å²) in [7, 11) is 0. The Bertz CT molecular complexity index is 714. The van der Waals surface area contributed by atoms with Crippen LogP contribution >= 0.6 is 11.8 Å². The van der Waals surface area contributed by atoms with Crippen LogP contribution in [0.15, 0.2) is 29.4 Å². The number of nitrogens with two attached hydrogens (primary N) is 1. The third kappa shape index (κ3) is 4.48. The molecule has 0 atom stereocenters. The number of nitrogens with zero attached hydrogens (tertiary/aromatic N) is 3. The van der Waals surface area contributed by atoms with Gasteiger partial charge in [0.1, 0.15) is 0 Å². The summed E-state index contributed by atoms with van der Waals surface area (Å²) < 4.78 is 6.28. The van der Waals surface area contributed by atoms with E-state index in [1.807, 2.05) is 6.92 Å². The van der Waals surface area contributed by atoms with Gasteiger partial charge in [0.05, 0.1) is 17.9 Å². The summed E-state index contributed by atoms with van der Waals surface area (Å²) in [6.45, 7) is 3.99. The lowest BCUT2D eigenvalue weighted by molar-refractivity contribution is -0.113. The van der Waals surface area contributed by atoms with Crippen LogP contribution in [0.5, 0.6) is 0 Å². The van der Waals surface area contributed by atoms with Gasteiger partial charge in [-0.05, 0) is 31.2 Å². The number of thioether (sulfide) groups is 1. The summed E-state index contributed by atoms with van der Waals surface area (Å²) in [6, 6.07) is 6.50. The second-order valence-electron chi connectivity index (χ2n) is 4.76. The van der Waals surface area contributed by atoms with Crippen molar-refractivity contribution in [2.75, 3.05) is 23.5 Å². The first-order valence-electron chi connectivity index (χ1n) is 7.44. The second-order valence-corrected chi connectivity index (χ2v) is 5.70. The van der Waals surface area contributed by atoms with Gasteiger partial charge in [-0.15, -0.1) is 10.2 Å². The molecule has 3 N–H and O–H groups in total. The van der Waals surface area contributed by atoms with Gasteiger partial charge in [0.2, 0.25) is 11.1 Å². The molecule has 1 aromatic carbocycles. The molecule has 2 rings (SSSR count). The molecule has 9 heteroatoms. The van der Waals surface area contributed by atoms with Crippen molar-refractivity contribution >= 4 is 29.3 Å². The zero-order valence-electron chi connectivity index (χ0n) is 13.5. The quantitative estimate of drug-likeness (QED) is 0.442. The summed E-state index contributed by atoms with van der Waals surface area (Å²) in [5, 5.41) is 11.1. The molecule has 0 aliphatic carbocycles. The van der Waals surface area contributed by atoms with Gasteiger partial charge in [-0.3, -0.25) is 4.79 Å². The summed E-state index contributed by atoms with van der Waals surface area (Å²) >= 11 is 1.20. The van der Waals surface area contributed by atoms with E-state index in [1.54, 1.807) is 31.2 Å². The van der Waals surface area contributed by atoms with Crippen LogP contribution in [-0.2, 0) is 16.0 Å². The van der Waals surface area contributed by atoms with E-state index in [1.165, 1.54) is 16.4 Å². The van der Waals surface area contributed by atoms with Crippen LogP contribution in [0.2, 0.25) is 0 Å². The van der Waals surface area contributed by atoms with Crippen molar-refractivity contribution in [3.8, 4) is 0 Å². The van der Waals surface area contributed by atoms with E-state index < -0.39 is 0 Å². The first-order chi connectivity index (χ1) is 11.5. The molecule has 0 spiro atoms. The lowest BCUT2D eigenvalue weighted by Crippen LogP contribution is -2.17. The van der Waals surface area contributed by atoms with Gasteiger partial charge in [0.15, 0.2) is 5.82 Å². The number of amides is 1. The molecule has 0 aliphatic heterocycles. The maximum Gasteiger partial charge on any atom is 0.338 e. The highest BCUT2D eigenvalue weighted by Crippen LogP contribution is 2.16. The van der Waals surface area contributed by atoms with Gasteiger partial charge in [0.25, 0.3) is 0 Å². The minimum Gasteiger partial charge on any atom is -0.462 e. The number of ether oxygens (including phenoxy) is 1. The highest BCUT2D eigenvalue weighted by molar-refractivity contribution is 7.99. The molecule has 0 fully saturated rings. The Balaban J connectivity index is 1.88. The van der Waals surface area contributed by atoms with Gasteiger partial charge in [-0.2, -0.15) is 0 Å². The van der Waals surface area contributed by atoms with E-state index in [-0.39, 0.29) is 17.6 Å². The molecule has 128 valence electrons. The smallest absolute Gasteiger partial charge is 0.338 e. The first-order valence-corrected chi connectivity index (χ1v) is 8.42.